The molecule has 2 atom stereocenters. The number of rotatable bonds is 5. The van der Waals surface area contributed by atoms with E-state index in [-0.39, 0.29) is 23.6 Å². The van der Waals surface area contributed by atoms with Crippen molar-refractivity contribution in [2.45, 2.75) is 64.3 Å². The van der Waals surface area contributed by atoms with E-state index in [2.05, 4.69) is 11.8 Å². The molecule has 1 spiro atoms. The maximum absolute atomic E-state index is 13.9. The largest absolute Gasteiger partial charge is 0.504 e. The quantitative estimate of drug-likeness (QED) is 0.718. The van der Waals surface area contributed by atoms with Gasteiger partial charge >= 0.3 is 0 Å². The van der Waals surface area contributed by atoms with Crippen LogP contribution in [0.2, 0.25) is 0 Å². The van der Waals surface area contributed by atoms with Crippen molar-refractivity contribution >= 4 is 15.7 Å². The van der Waals surface area contributed by atoms with Crippen molar-refractivity contribution in [2.75, 3.05) is 16.6 Å². The lowest BCUT2D eigenvalue weighted by molar-refractivity contribution is 0.102. The van der Waals surface area contributed by atoms with Crippen molar-refractivity contribution in [2.24, 2.45) is 0 Å². The van der Waals surface area contributed by atoms with E-state index in [4.69, 9.17) is 4.74 Å². The molecule has 2 aliphatic heterocycles. The second-order valence-electron chi connectivity index (χ2n) is 9.28. The molecule has 2 aromatic carbocycles. The molecular formula is C24H31FN2O4S. The number of benzene rings is 2. The molecule has 2 fully saturated rings. The summed E-state index contributed by atoms with van der Waals surface area (Å²) in [4.78, 5) is 2.32. The molecule has 0 aliphatic carbocycles. The minimum absolute atomic E-state index is 0.0389. The number of nitrogens with zero attached hydrogens (tertiary/aromatic N) is 2. The Morgan fingerprint density at radius 2 is 2.00 bits per heavy atom. The first kappa shape index (κ1) is 22.9. The van der Waals surface area contributed by atoms with Gasteiger partial charge in [0.2, 0.25) is 10.0 Å². The summed E-state index contributed by atoms with van der Waals surface area (Å²) in [6, 6.07) is 11.4. The van der Waals surface area contributed by atoms with E-state index in [1.807, 2.05) is 26.0 Å². The maximum atomic E-state index is 13.9. The average molecular weight is 463 g/mol. The van der Waals surface area contributed by atoms with Crippen LogP contribution >= 0.6 is 0 Å². The zero-order valence-corrected chi connectivity index (χ0v) is 19.6. The summed E-state index contributed by atoms with van der Waals surface area (Å²) in [6.07, 6.45) is 1.87. The Labute approximate surface area is 189 Å². The summed E-state index contributed by atoms with van der Waals surface area (Å²) in [5.74, 6) is 0.245. The molecule has 4 rings (SSSR count). The second-order valence-corrected chi connectivity index (χ2v) is 11.2. The Morgan fingerprint density at radius 1 is 1.22 bits per heavy atom. The van der Waals surface area contributed by atoms with Crippen LogP contribution in [-0.2, 0) is 16.6 Å². The molecular weight excluding hydrogens is 431 g/mol. The first-order valence-electron chi connectivity index (χ1n) is 11.1. The van der Waals surface area contributed by atoms with Crippen molar-refractivity contribution < 1.29 is 22.7 Å². The minimum atomic E-state index is -3.48. The fraction of sp³-hybridized carbons (Fsp3) is 0.500. The number of phenolic OH excluding ortho intramolecular Hbond substituents is 1. The molecule has 1 N–H and O–H groups in total. The van der Waals surface area contributed by atoms with Gasteiger partial charge in [0.15, 0.2) is 11.5 Å². The molecule has 0 bridgehead atoms. The zero-order valence-electron chi connectivity index (χ0n) is 18.8. The Bertz CT molecular complexity index is 1090. The first-order chi connectivity index (χ1) is 15.1. The van der Waals surface area contributed by atoms with Gasteiger partial charge in [-0.1, -0.05) is 12.1 Å². The molecule has 0 saturated carbocycles. The summed E-state index contributed by atoms with van der Waals surface area (Å²) < 4.78 is 47.0. The van der Waals surface area contributed by atoms with E-state index < -0.39 is 21.4 Å². The molecule has 6 nitrogen and oxygen atoms in total. The predicted molar refractivity (Wildman–Crippen MR) is 123 cm³/mol. The SMILES string of the molecule is CC(C)Oc1cc(CN2CCC3(CCS(=O)(=O)N3c3cccc(F)c3)CC2C)ccc1O. The minimum Gasteiger partial charge on any atom is -0.504 e. The van der Waals surface area contributed by atoms with Crippen molar-refractivity contribution in [1.29, 1.82) is 0 Å². The van der Waals surface area contributed by atoms with Gasteiger partial charge in [0.25, 0.3) is 0 Å². The van der Waals surface area contributed by atoms with Crippen LogP contribution in [0.25, 0.3) is 0 Å². The molecule has 174 valence electrons. The van der Waals surface area contributed by atoms with Gasteiger partial charge in [-0.2, -0.15) is 0 Å². The van der Waals surface area contributed by atoms with Crippen molar-refractivity contribution in [3.8, 4) is 11.5 Å². The molecule has 0 radical (unpaired) electrons. The third-order valence-electron chi connectivity index (χ3n) is 6.51. The molecule has 2 saturated heterocycles. The Kier molecular flexibility index (Phi) is 6.11. The maximum Gasteiger partial charge on any atom is 0.235 e. The van der Waals surface area contributed by atoms with Gasteiger partial charge in [-0.3, -0.25) is 9.21 Å². The number of anilines is 1. The summed E-state index contributed by atoms with van der Waals surface area (Å²) in [5, 5.41) is 10.1. The van der Waals surface area contributed by atoms with Gasteiger partial charge in [-0.05, 0) is 75.9 Å². The van der Waals surface area contributed by atoms with Crippen LogP contribution in [0.4, 0.5) is 10.1 Å². The van der Waals surface area contributed by atoms with Crippen molar-refractivity contribution in [1.82, 2.24) is 4.90 Å². The van der Waals surface area contributed by atoms with Crippen LogP contribution in [0.15, 0.2) is 42.5 Å². The van der Waals surface area contributed by atoms with Crippen LogP contribution in [0.5, 0.6) is 11.5 Å². The van der Waals surface area contributed by atoms with Gasteiger partial charge < -0.3 is 9.84 Å². The fourth-order valence-corrected chi connectivity index (χ4v) is 7.19. The topological polar surface area (TPSA) is 70.1 Å². The van der Waals surface area contributed by atoms with Crippen LogP contribution < -0.4 is 9.04 Å². The lowest BCUT2D eigenvalue weighted by atomic mass is 9.81. The highest BCUT2D eigenvalue weighted by Gasteiger charge is 2.52. The number of likely N-dealkylation sites (tertiary alicyclic amines) is 1. The second kappa shape index (κ2) is 8.56. The molecule has 32 heavy (non-hydrogen) atoms. The van der Waals surface area contributed by atoms with E-state index >= 15 is 0 Å². The molecule has 0 aromatic heterocycles. The van der Waals surface area contributed by atoms with Gasteiger partial charge in [-0.15, -0.1) is 0 Å². The summed E-state index contributed by atoms with van der Waals surface area (Å²) >= 11 is 0. The van der Waals surface area contributed by atoms with E-state index in [1.54, 1.807) is 18.2 Å². The summed E-state index contributed by atoms with van der Waals surface area (Å²) in [5.41, 5.74) is 0.920. The Hall–Kier alpha value is -2.32. The standard InChI is InChI=1S/C24H31FN2O4S/c1-17(2)31-23-13-19(7-8-22(23)28)16-26-11-9-24(15-18(26)3)10-12-32(29,30)27(24)21-6-4-5-20(25)14-21/h4-8,13-14,17-18,28H,9-12,15-16H2,1-3H3. The normalized spacial score (nSPS) is 25.5. The van der Waals surface area contributed by atoms with E-state index in [1.165, 1.54) is 16.4 Å². The van der Waals surface area contributed by atoms with Crippen LogP contribution in [-0.4, -0.2) is 48.4 Å². The molecule has 2 unspecified atom stereocenters. The van der Waals surface area contributed by atoms with Gasteiger partial charge in [0.05, 0.1) is 23.1 Å². The highest BCUT2D eigenvalue weighted by Crippen LogP contribution is 2.45. The average Bonchev–Trinajstić information content (AvgIpc) is 2.96. The number of hydrogen-bond donors (Lipinski definition) is 1. The van der Waals surface area contributed by atoms with E-state index in [9.17, 15) is 17.9 Å². The Balaban J connectivity index is 1.54. The number of ether oxygens (including phenoxy) is 1. The highest BCUT2D eigenvalue weighted by atomic mass is 32.2. The van der Waals surface area contributed by atoms with E-state index in [0.717, 1.165) is 12.1 Å². The lowest BCUT2D eigenvalue weighted by Gasteiger charge is -2.47. The molecule has 2 aromatic rings. The third kappa shape index (κ3) is 4.43. The predicted octanol–water partition coefficient (Wildman–Crippen LogP) is 4.28. The molecule has 2 heterocycles. The van der Waals surface area contributed by atoms with Gasteiger partial charge in [0, 0.05) is 19.1 Å². The van der Waals surface area contributed by atoms with Crippen LogP contribution in [0, 0.1) is 5.82 Å². The summed E-state index contributed by atoms with van der Waals surface area (Å²) in [6.45, 7) is 7.35. The molecule has 2 aliphatic rings. The first-order valence-corrected chi connectivity index (χ1v) is 12.7. The number of halogens is 1. The van der Waals surface area contributed by atoms with Crippen molar-refractivity contribution in [3.63, 3.8) is 0 Å². The highest BCUT2D eigenvalue weighted by molar-refractivity contribution is 7.93. The Morgan fingerprint density at radius 3 is 2.69 bits per heavy atom. The number of hydrogen-bond acceptors (Lipinski definition) is 5. The van der Waals surface area contributed by atoms with Gasteiger partial charge in [0.1, 0.15) is 5.82 Å². The summed E-state index contributed by atoms with van der Waals surface area (Å²) in [7, 11) is -3.48. The van der Waals surface area contributed by atoms with Crippen LogP contribution in [0.1, 0.15) is 45.6 Å². The fourth-order valence-electron chi connectivity index (χ4n) is 5.08. The third-order valence-corrected chi connectivity index (χ3v) is 8.39. The number of phenols is 1. The smallest absolute Gasteiger partial charge is 0.235 e. The lowest BCUT2D eigenvalue weighted by Crippen LogP contribution is -2.56. The number of sulfonamides is 1. The molecule has 8 heteroatoms. The zero-order chi connectivity index (χ0) is 23.1. The number of piperidine rings is 1. The van der Waals surface area contributed by atoms with Crippen LogP contribution in [0.3, 0.4) is 0 Å². The monoisotopic (exact) mass is 462 g/mol. The number of aromatic hydroxyl groups is 1. The van der Waals surface area contributed by atoms with E-state index in [0.29, 0.717) is 37.2 Å². The molecule has 0 amide bonds. The van der Waals surface area contributed by atoms with Crippen molar-refractivity contribution in [3.05, 3.63) is 53.8 Å². The van der Waals surface area contributed by atoms with Gasteiger partial charge in [-0.25, -0.2) is 12.8 Å².